The summed E-state index contributed by atoms with van der Waals surface area (Å²) in [6.07, 6.45) is 9.36. The summed E-state index contributed by atoms with van der Waals surface area (Å²) in [4.78, 5) is 36.7. The molecule has 2 unspecified atom stereocenters. The first-order valence-corrected chi connectivity index (χ1v) is 13.4. The Labute approximate surface area is 215 Å². The molecular formula is C29H40N4O3. The molecule has 1 aromatic heterocycles. The van der Waals surface area contributed by atoms with Gasteiger partial charge in [-0.05, 0) is 68.6 Å². The number of amides is 2. The highest BCUT2D eigenvalue weighted by molar-refractivity contribution is 5.97. The highest BCUT2D eigenvalue weighted by atomic mass is 16.5. The molecule has 3 heterocycles. The van der Waals surface area contributed by atoms with Gasteiger partial charge in [-0.2, -0.15) is 0 Å². The zero-order chi connectivity index (χ0) is 25.5. The van der Waals surface area contributed by atoms with Gasteiger partial charge in [0, 0.05) is 63.3 Å². The number of rotatable bonds is 3. The SMILES string of the molecule is CC(=O)N1CCCCCCCN(Cc2cccnc2)Cc2cc(C(=O)N3CC(C)OC(C)C3)ccc21. The van der Waals surface area contributed by atoms with Gasteiger partial charge in [0.25, 0.3) is 5.91 Å². The summed E-state index contributed by atoms with van der Waals surface area (Å²) in [5, 5.41) is 0. The monoisotopic (exact) mass is 492 g/mol. The number of aromatic nitrogens is 1. The number of benzene rings is 1. The number of fused-ring (bicyclic) bond motifs is 1. The third-order valence-corrected chi connectivity index (χ3v) is 7.08. The Hall–Kier alpha value is -2.77. The van der Waals surface area contributed by atoms with Crippen LogP contribution in [0.5, 0.6) is 0 Å². The zero-order valence-electron chi connectivity index (χ0n) is 22.0. The van der Waals surface area contributed by atoms with Crippen LogP contribution in [0.2, 0.25) is 0 Å². The van der Waals surface area contributed by atoms with Gasteiger partial charge in [-0.3, -0.25) is 19.5 Å². The number of hydrogen-bond donors (Lipinski definition) is 0. The molecule has 0 radical (unpaired) electrons. The fourth-order valence-corrected chi connectivity index (χ4v) is 5.42. The van der Waals surface area contributed by atoms with Crippen LogP contribution < -0.4 is 4.90 Å². The van der Waals surface area contributed by atoms with Crippen LogP contribution in [0.15, 0.2) is 42.7 Å². The van der Waals surface area contributed by atoms with Crippen LogP contribution in [-0.4, -0.2) is 65.0 Å². The van der Waals surface area contributed by atoms with Crippen LogP contribution in [0.4, 0.5) is 5.69 Å². The average Bonchev–Trinajstić information content (AvgIpc) is 2.84. The minimum atomic E-state index is 0.0187. The van der Waals surface area contributed by atoms with E-state index in [9.17, 15) is 9.59 Å². The summed E-state index contributed by atoms with van der Waals surface area (Å²) >= 11 is 0. The van der Waals surface area contributed by atoms with Crippen molar-refractivity contribution in [2.75, 3.05) is 31.1 Å². The van der Waals surface area contributed by atoms with Gasteiger partial charge in [0.05, 0.1) is 12.2 Å². The standard InChI is InChI=1S/C29H40N4O3/c1-22-18-32(19-23(2)36-22)29(35)26-11-12-28-27(16-26)21-31(20-25-10-9-13-30-17-25)14-7-5-4-6-8-15-33(28)24(3)34/h9-13,16-17,22-23H,4-8,14-15,18-21H2,1-3H3. The van der Waals surface area contributed by atoms with E-state index in [2.05, 4.69) is 16.0 Å². The van der Waals surface area contributed by atoms with Crippen molar-refractivity contribution < 1.29 is 14.3 Å². The Balaban J connectivity index is 1.67. The second-order valence-corrected chi connectivity index (χ2v) is 10.3. The minimum absolute atomic E-state index is 0.0187. The van der Waals surface area contributed by atoms with Gasteiger partial charge < -0.3 is 14.5 Å². The maximum Gasteiger partial charge on any atom is 0.254 e. The molecule has 1 fully saturated rings. The number of carbonyl (C=O) groups is 2. The summed E-state index contributed by atoms with van der Waals surface area (Å²) in [6, 6.07) is 9.95. The number of carbonyl (C=O) groups excluding carboxylic acids is 2. The Kier molecular flexibility index (Phi) is 9.10. The van der Waals surface area contributed by atoms with E-state index in [-0.39, 0.29) is 24.0 Å². The lowest BCUT2D eigenvalue weighted by Crippen LogP contribution is -2.48. The van der Waals surface area contributed by atoms with Crippen LogP contribution in [0.3, 0.4) is 0 Å². The van der Waals surface area contributed by atoms with Crippen LogP contribution in [0.25, 0.3) is 0 Å². The fraction of sp³-hybridized carbons (Fsp3) is 0.552. The number of anilines is 1. The number of morpholine rings is 1. The molecule has 7 heteroatoms. The number of pyridine rings is 1. The molecule has 194 valence electrons. The van der Waals surface area contributed by atoms with Gasteiger partial charge >= 0.3 is 0 Å². The second-order valence-electron chi connectivity index (χ2n) is 10.3. The maximum atomic E-state index is 13.5. The van der Waals surface area contributed by atoms with Crippen molar-refractivity contribution in [1.29, 1.82) is 0 Å². The van der Waals surface area contributed by atoms with Crippen LogP contribution in [0.1, 0.15) is 74.4 Å². The van der Waals surface area contributed by atoms with Crippen LogP contribution in [-0.2, 0) is 22.6 Å². The lowest BCUT2D eigenvalue weighted by atomic mass is 10.0. The van der Waals surface area contributed by atoms with E-state index in [1.165, 1.54) is 12.8 Å². The van der Waals surface area contributed by atoms with Gasteiger partial charge in [0.15, 0.2) is 0 Å². The molecule has 2 atom stereocenters. The van der Waals surface area contributed by atoms with E-state index >= 15 is 0 Å². The van der Waals surface area contributed by atoms with Crippen molar-refractivity contribution in [3.8, 4) is 0 Å². The first kappa shape index (κ1) is 26.3. The normalized spacial score (nSPS) is 22.3. The molecule has 4 rings (SSSR count). The molecule has 0 aliphatic carbocycles. The Morgan fingerprint density at radius 1 is 1.00 bits per heavy atom. The first-order valence-electron chi connectivity index (χ1n) is 13.4. The van der Waals surface area contributed by atoms with Gasteiger partial charge in [0.2, 0.25) is 5.91 Å². The molecule has 2 amide bonds. The van der Waals surface area contributed by atoms with Crippen molar-refractivity contribution in [2.45, 2.75) is 78.2 Å². The molecule has 2 aromatic rings. The molecule has 0 spiro atoms. The third-order valence-electron chi connectivity index (χ3n) is 7.08. The fourth-order valence-electron chi connectivity index (χ4n) is 5.42. The second kappa shape index (κ2) is 12.5. The lowest BCUT2D eigenvalue weighted by Gasteiger charge is -2.35. The molecule has 2 aliphatic heterocycles. The smallest absolute Gasteiger partial charge is 0.254 e. The van der Waals surface area contributed by atoms with Gasteiger partial charge in [0.1, 0.15) is 0 Å². The number of nitrogens with zero attached hydrogens (tertiary/aromatic N) is 4. The average molecular weight is 493 g/mol. The predicted molar refractivity (Wildman–Crippen MR) is 142 cm³/mol. The summed E-state index contributed by atoms with van der Waals surface area (Å²) < 4.78 is 5.83. The Bertz CT molecular complexity index is 1020. The molecule has 1 aromatic carbocycles. The first-order chi connectivity index (χ1) is 17.4. The Morgan fingerprint density at radius 3 is 2.42 bits per heavy atom. The maximum absolute atomic E-state index is 13.5. The molecule has 1 saturated heterocycles. The zero-order valence-corrected chi connectivity index (χ0v) is 22.0. The van der Waals surface area contributed by atoms with Gasteiger partial charge in [-0.1, -0.05) is 25.3 Å². The lowest BCUT2D eigenvalue weighted by molar-refractivity contribution is -0.116. The summed E-state index contributed by atoms with van der Waals surface area (Å²) in [5.41, 5.74) is 3.78. The van der Waals surface area contributed by atoms with Gasteiger partial charge in [-0.25, -0.2) is 0 Å². The van der Waals surface area contributed by atoms with E-state index in [1.54, 1.807) is 13.1 Å². The summed E-state index contributed by atoms with van der Waals surface area (Å²) in [7, 11) is 0. The Morgan fingerprint density at radius 2 is 1.72 bits per heavy atom. The van der Waals surface area contributed by atoms with Crippen LogP contribution in [0, 0.1) is 0 Å². The van der Waals surface area contributed by atoms with Crippen molar-refractivity contribution in [1.82, 2.24) is 14.8 Å². The molecular weight excluding hydrogens is 452 g/mol. The van der Waals surface area contributed by atoms with Crippen LogP contribution >= 0.6 is 0 Å². The molecule has 2 aliphatic rings. The molecule has 7 nitrogen and oxygen atoms in total. The van der Waals surface area contributed by atoms with E-state index < -0.39 is 0 Å². The highest BCUT2D eigenvalue weighted by Gasteiger charge is 2.28. The largest absolute Gasteiger partial charge is 0.372 e. The topological polar surface area (TPSA) is 66.0 Å². The van der Waals surface area contributed by atoms with E-state index in [0.717, 1.165) is 49.2 Å². The minimum Gasteiger partial charge on any atom is -0.372 e. The highest BCUT2D eigenvalue weighted by Crippen LogP contribution is 2.27. The summed E-state index contributed by atoms with van der Waals surface area (Å²) in [6.45, 7) is 9.96. The van der Waals surface area contributed by atoms with Crippen molar-refractivity contribution in [3.63, 3.8) is 0 Å². The van der Waals surface area contributed by atoms with Gasteiger partial charge in [-0.15, -0.1) is 0 Å². The van der Waals surface area contributed by atoms with E-state index in [4.69, 9.17) is 4.74 Å². The molecule has 36 heavy (non-hydrogen) atoms. The molecule has 0 saturated carbocycles. The van der Waals surface area contributed by atoms with E-state index in [0.29, 0.717) is 31.7 Å². The van der Waals surface area contributed by atoms with Crippen molar-refractivity contribution in [3.05, 3.63) is 59.4 Å². The number of ether oxygens (including phenoxy) is 1. The van der Waals surface area contributed by atoms with E-state index in [1.807, 2.05) is 54.1 Å². The summed E-state index contributed by atoms with van der Waals surface area (Å²) in [5.74, 6) is 0.0705. The third kappa shape index (κ3) is 6.92. The van der Waals surface area contributed by atoms with Crippen molar-refractivity contribution >= 4 is 17.5 Å². The predicted octanol–water partition coefficient (Wildman–Crippen LogP) is 4.65. The quantitative estimate of drug-likeness (QED) is 0.624. The number of hydrogen-bond acceptors (Lipinski definition) is 5. The van der Waals surface area contributed by atoms with Crippen molar-refractivity contribution in [2.24, 2.45) is 0 Å². The molecule has 0 N–H and O–H groups in total. The molecule has 0 bridgehead atoms.